The monoisotopic (exact) mass is 271 g/mol. The molecule has 0 atom stereocenters. The molecule has 5 heteroatoms. The largest absolute Gasteiger partial charge is 0.369 e. The Labute approximate surface area is 119 Å². The minimum atomic E-state index is 0.865. The van der Waals surface area contributed by atoms with Crippen LogP contribution in [0.4, 0.5) is 5.82 Å². The van der Waals surface area contributed by atoms with Crippen LogP contribution in [0.3, 0.4) is 0 Å². The Morgan fingerprint density at radius 1 is 1.15 bits per heavy atom. The van der Waals surface area contributed by atoms with Crippen molar-refractivity contribution in [3.05, 3.63) is 30.5 Å². The van der Waals surface area contributed by atoms with Crippen LogP contribution in [0.15, 0.2) is 30.5 Å². The van der Waals surface area contributed by atoms with E-state index in [4.69, 9.17) is 0 Å². The van der Waals surface area contributed by atoms with Crippen LogP contribution >= 0.6 is 0 Å². The van der Waals surface area contributed by atoms with Gasteiger partial charge in [0, 0.05) is 32.7 Å². The maximum atomic E-state index is 4.56. The zero-order valence-corrected chi connectivity index (χ0v) is 11.7. The number of nitrogens with one attached hydrogen (secondary N) is 2. The molecule has 2 heterocycles. The molecule has 1 aromatic heterocycles. The lowest BCUT2D eigenvalue weighted by Gasteiger charge is -2.27. The Morgan fingerprint density at radius 2 is 1.95 bits per heavy atom. The predicted molar refractivity (Wildman–Crippen MR) is 82.0 cm³/mol. The van der Waals surface area contributed by atoms with Gasteiger partial charge in [-0.3, -0.25) is 4.98 Å². The summed E-state index contributed by atoms with van der Waals surface area (Å²) < 4.78 is 0. The first-order valence-corrected chi connectivity index (χ1v) is 7.30. The fourth-order valence-corrected chi connectivity index (χ4v) is 2.50. The maximum Gasteiger partial charge on any atom is 0.145 e. The molecule has 2 N–H and O–H groups in total. The fraction of sp³-hybridized carbons (Fsp3) is 0.467. The first-order chi connectivity index (χ1) is 9.92. The summed E-state index contributed by atoms with van der Waals surface area (Å²) in [5.41, 5.74) is 1.89. The van der Waals surface area contributed by atoms with Gasteiger partial charge in [-0.25, -0.2) is 4.98 Å². The van der Waals surface area contributed by atoms with E-state index < -0.39 is 0 Å². The third-order valence-electron chi connectivity index (χ3n) is 3.62. The Hall–Kier alpha value is -1.72. The van der Waals surface area contributed by atoms with Crippen LogP contribution in [-0.2, 0) is 0 Å². The predicted octanol–water partition coefficient (Wildman–Crippen LogP) is 1.34. The van der Waals surface area contributed by atoms with Gasteiger partial charge in [-0.2, -0.15) is 0 Å². The summed E-state index contributed by atoms with van der Waals surface area (Å²) in [7, 11) is 0. The van der Waals surface area contributed by atoms with Crippen molar-refractivity contribution in [1.29, 1.82) is 0 Å². The minimum Gasteiger partial charge on any atom is -0.369 e. The summed E-state index contributed by atoms with van der Waals surface area (Å²) in [6.07, 6.45) is 2.95. The number of fused-ring (bicyclic) bond motifs is 1. The van der Waals surface area contributed by atoms with Crippen molar-refractivity contribution in [2.75, 3.05) is 44.6 Å². The number of para-hydroxylation sites is 2. The van der Waals surface area contributed by atoms with Gasteiger partial charge in [0.2, 0.25) is 0 Å². The Bertz CT molecular complexity index is 551. The highest BCUT2D eigenvalue weighted by atomic mass is 15.2. The molecule has 20 heavy (non-hydrogen) atoms. The van der Waals surface area contributed by atoms with Gasteiger partial charge in [0.05, 0.1) is 17.2 Å². The van der Waals surface area contributed by atoms with Gasteiger partial charge in [0.15, 0.2) is 0 Å². The van der Waals surface area contributed by atoms with Crippen LogP contribution in [0, 0.1) is 0 Å². The molecular formula is C15H21N5. The number of benzene rings is 1. The third kappa shape index (κ3) is 3.43. The first kappa shape index (κ1) is 13.3. The topological polar surface area (TPSA) is 53.1 Å². The zero-order chi connectivity index (χ0) is 13.6. The van der Waals surface area contributed by atoms with Crippen molar-refractivity contribution in [3.8, 4) is 0 Å². The molecule has 1 aromatic carbocycles. The Balaban J connectivity index is 1.47. The molecule has 2 aromatic rings. The van der Waals surface area contributed by atoms with Crippen LogP contribution in [0.2, 0.25) is 0 Å². The van der Waals surface area contributed by atoms with Crippen molar-refractivity contribution in [2.45, 2.75) is 6.42 Å². The number of aromatic nitrogens is 2. The maximum absolute atomic E-state index is 4.56. The van der Waals surface area contributed by atoms with Gasteiger partial charge in [0.25, 0.3) is 0 Å². The van der Waals surface area contributed by atoms with E-state index >= 15 is 0 Å². The highest BCUT2D eigenvalue weighted by molar-refractivity contribution is 5.75. The van der Waals surface area contributed by atoms with E-state index in [0.717, 1.165) is 62.5 Å². The second-order valence-electron chi connectivity index (χ2n) is 5.12. The molecule has 0 unspecified atom stereocenters. The second-order valence-corrected chi connectivity index (χ2v) is 5.12. The molecule has 1 aliphatic rings. The van der Waals surface area contributed by atoms with Gasteiger partial charge in [-0.15, -0.1) is 0 Å². The molecule has 1 saturated heterocycles. The van der Waals surface area contributed by atoms with Crippen LogP contribution in [-0.4, -0.2) is 54.1 Å². The first-order valence-electron chi connectivity index (χ1n) is 7.30. The molecule has 106 valence electrons. The van der Waals surface area contributed by atoms with Crippen LogP contribution in [0.25, 0.3) is 11.0 Å². The molecule has 3 rings (SSSR count). The van der Waals surface area contributed by atoms with E-state index in [9.17, 15) is 0 Å². The van der Waals surface area contributed by atoms with E-state index in [-0.39, 0.29) is 0 Å². The summed E-state index contributed by atoms with van der Waals surface area (Å²) in [5, 5.41) is 6.73. The third-order valence-corrected chi connectivity index (χ3v) is 3.62. The van der Waals surface area contributed by atoms with Gasteiger partial charge in [0.1, 0.15) is 5.82 Å². The summed E-state index contributed by atoms with van der Waals surface area (Å²) in [4.78, 5) is 11.5. The van der Waals surface area contributed by atoms with Crippen LogP contribution in [0.5, 0.6) is 0 Å². The number of hydrogen-bond acceptors (Lipinski definition) is 5. The highest BCUT2D eigenvalue weighted by Gasteiger charge is 2.08. The minimum absolute atomic E-state index is 0.865. The average molecular weight is 271 g/mol. The SMILES string of the molecule is c1ccc2nc(NCCCN3CCNCC3)cnc2c1. The lowest BCUT2D eigenvalue weighted by atomic mass is 10.3. The molecule has 0 spiro atoms. The quantitative estimate of drug-likeness (QED) is 0.804. The van der Waals surface area contributed by atoms with Crippen molar-refractivity contribution >= 4 is 16.9 Å². The van der Waals surface area contributed by atoms with Gasteiger partial charge < -0.3 is 15.5 Å². The number of rotatable bonds is 5. The van der Waals surface area contributed by atoms with E-state index in [0.29, 0.717) is 0 Å². The van der Waals surface area contributed by atoms with E-state index in [1.165, 1.54) is 0 Å². The number of nitrogens with zero attached hydrogens (tertiary/aromatic N) is 3. The molecule has 0 bridgehead atoms. The lowest BCUT2D eigenvalue weighted by molar-refractivity contribution is 0.240. The summed E-state index contributed by atoms with van der Waals surface area (Å²) in [6.45, 7) is 6.64. The number of anilines is 1. The van der Waals surface area contributed by atoms with E-state index in [1.807, 2.05) is 30.5 Å². The van der Waals surface area contributed by atoms with Crippen molar-refractivity contribution in [3.63, 3.8) is 0 Å². The van der Waals surface area contributed by atoms with Crippen molar-refractivity contribution in [2.24, 2.45) is 0 Å². The lowest BCUT2D eigenvalue weighted by Crippen LogP contribution is -2.44. The summed E-state index contributed by atoms with van der Waals surface area (Å²) in [5.74, 6) is 0.865. The molecule has 1 fully saturated rings. The smallest absolute Gasteiger partial charge is 0.145 e. The molecule has 0 aliphatic carbocycles. The molecule has 1 aliphatic heterocycles. The molecule has 5 nitrogen and oxygen atoms in total. The van der Waals surface area contributed by atoms with Crippen LogP contribution < -0.4 is 10.6 Å². The molecular weight excluding hydrogens is 250 g/mol. The van der Waals surface area contributed by atoms with E-state index in [2.05, 4.69) is 25.5 Å². The van der Waals surface area contributed by atoms with Gasteiger partial charge in [-0.05, 0) is 25.1 Å². The molecule has 0 saturated carbocycles. The van der Waals surface area contributed by atoms with Crippen molar-refractivity contribution in [1.82, 2.24) is 20.2 Å². The number of piperazine rings is 1. The zero-order valence-electron chi connectivity index (χ0n) is 11.7. The highest BCUT2D eigenvalue weighted by Crippen LogP contribution is 2.11. The van der Waals surface area contributed by atoms with Gasteiger partial charge >= 0.3 is 0 Å². The fourth-order valence-electron chi connectivity index (χ4n) is 2.50. The number of hydrogen-bond donors (Lipinski definition) is 2. The van der Waals surface area contributed by atoms with Crippen molar-refractivity contribution < 1.29 is 0 Å². The van der Waals surface area contributed by atoms with Crippen LogP contribution in [0.1, 0.15) is 6.42 Å². The van der Waals surface area contributed by atoms with E-state index in [1.54, 1.807) is 0 Å². The summed E-state index contributed by atoms with van der Waals surface area (Å²) in [6, 6.07) is 7.95. The normalized spacial score (nSPS) is 16.4. The molecule has 0 amide bonds. The molecule has 0 radical (unpaired) electrons. The Morgan fingerprint density at radius 3 is 2.80 bits per heavy atom. The second kappa shape index (κ2) is 6.63. The summed E-state index contributed by atoms with van der Waals surface area (Å²) >= 11 is 0. The van der Waals surface area contributed by atoms with Gasteiger partial charge in [-0.1, -0.05) is 12.1 Å². The Kier molecular flexibility index (Phi) is 4.40. The average Bonchev–Trinajstić information content (AvgIpc) is 2.52. The standard InChI is InChI=1S/C15H21N5/c1-2-5-14-13(4-1)18-12-15(19-14)17-6-3-9-20-10-7-16-8-11-20/h1-2,4-5,12,16H,3,6-11H2,(H,17,19).